The van der Waals surface area contributed by atoms with E-state index in [2.05, 4.69) is 5.32 Å². The van der Waals surface area contributed by atoms with E-state index < -0.39 is 15.9 Å². The van der Waals surface area contributed by atoms with Gasteiger partial charge in [-0.05, 0) is 32.1 Å². The zero-order chi connectivity index (χ0) is 17.9. The predicted octanol–water partition coefficient (Wildman–Crippen LogP) is 1.48. The quantitative estimate of drug-likeness (QED) is 0.769. The molecule has 2 heterocycles. The van der Waals surface area contributed by atoms with Crippen LogP contribution in [0.25, 0.3) is 0 Å². The van der Waals surface area contributed by atoms with Gasteiger partial charge >= 0.3 is 0 Å². The second-order valence-corrected chi connectivity index (χ2v) is 8.58. The van der Waals surface area contributed by atoms with E-state index in [0.29, 0.717) is 25.6 Å². The number of nitrogens with two attached hydrogens (primary N) is 1. The number of rotatable bonds is 7. The maximum atomic E-state index is 12.6. The van der Waals surface area contributed by atoms with Crippen molar-refractivity contribution >= 4 is 15.9 Å². The molecule has 1 unspecified atom stereocenters. The molecule has 3 N–H and O–H groups in total. The van der Waals surface area contributed by atoms with Crippen LogP contribution in [0.3, 0.4) is 0 Å². The third kappa shape index (κ3) is 4.17. The Morgan fingerprint density at radius 3 is 2.54 bits per heavy atom. The van der Waals surface area contributed by atoms with Gasteiger partial charge in [-0.3, -0.25) is 4.79 Å². The van der Waals surface area contributed by atoms with E-state index in [0.717, 1.165) is 19.3 Å². The number of nitrogens with zero attached hydrogens (tertiary/aromatic N) is 1. The first-order valence-corrected chi connectivity index (χ1v) is 9.81. The van der Waals surface area contributed by atoms with Gasteiger partial charge < -0.3 is 15.5 Å². The van der Waals surface area contributed by atoms with Gasteiger partial charge in [0.05, 0.1) is 0 Å². The number of aryl methyl sites for hydroxylation is 1. The summed E-state index contributed by atoms with van der Waals surface area (Å²) in [6.07, 6.45) is 2.47. The Hall–Kier alpha value is -1.38. The number of carbonyl (C=O) groups is 1. The Morgan fingerprint density at radius 2 is 2.00 bits per heavy atom. The Bertz CT molecular complexity index is 675. The summed E-state index contributed by atoms with van der Waals surface area (Å²) in [4.78, 5) is 12.4. The van der Waals surface area contributed by atoms with E-state index in [1.54, 1.807) is 6.92 Å². The highest BCUT2D eigenvalue weighted by atomic mass is 32.2. The molecular formula is C16H27N3O4S. The lowest BCUT2D eigenvalue weighted by atomic mass is 10.0. The normalized spacial score (nSPS) is 17.4. The van der Waals surface area contributed by atoms with Crippen LogP contribution in [-0.4, -0.2) is 44.3 Å². The highest BCUT2D eigenvalue weighted by molar-refractivity contribution is 7.89. The molecule has 7 nitrogen and oxygen atoms in total. The Morgan fingerprint density at radius 1 is 1.38 bits per heavy atom. The number of hydrogen-bond donors (Lipinski definition) is 2. The van der Waals surface area contributed by atoms with Crippen molar-refractivity contribution in [2.75, 3.05) is 19.6 Å². The van der Waals surface area contributed by atoms with Gasteiger partial charge in [0, 0.05) is 31.7 Å². The van der Waals surface area contributed by atoms with Gasteiger partial charge in [-0.1, -0.05) is 13.8 Å². The summed E-state index contributed by atoms with van der Waals surface area (Å²) in [5, 5.41) is 2.81. The highest BCUT2D eigenvalue weighted by Crippen LogP contribution is 2.26. The summed E-state index contributed by atoms with van der Waals surface area (Å²) in [5.41, 5.74) is 5.69. The first-order valence-electron chi connectivity index (χ1n) is 8.37. The Balaban J connectivity index is 2.17. The summed E-state index contributed by atoms with van der Waals surface area (Å²) in [7, 11) is -3.60. The van der Waals surface area contributed by atoms with E-state index in [1.807, 2.05) is 13.8 Å². The minimum Gasteiger partial charge on any atom is -0.455 e. The van der Waals surface area contributed by atoms with Gasteiger partial charge in [-0.2, -0.15) is 4.31 Å². The fourth-order valence-corrected chi connectivity index (χ4v) is 4.62. The number of furan rings is 1. The van der Waals surface area contributed by atoms with Crippen molar-refractivity contribution in [2.45, 2.75) is 51.0 Å². The van der Waals surface area contributed by atoms with Crippen LogP contribution in [0.5, 0.6) is 0 Å². The third-order valence-electron chi connectivity index (χ3n) is 4.15. The van der Waals surface area contributed by atoms with Crippen molar-refractivity contribution in [2.24, 2.45) is 11.7 Å². The van der Waals surface area contributed by atoms with E-state index >= 15 is 0 Å². The van der Waals surface area contributed by atoms with Gasteiger partial charge in [0.25, 0.3) is 5.91 Å². The SMILES string of the molecule is Cc1oc(C(=O)NC(CN)CC(C)C)cc1S(=O)(=O)N1CCCC1. The van der Waals surface area contributed by atoms with E-state index in [-0.39, 0.29) is 22.5 Å². The average Bonchev–Trinajstić information content (AvgIpc) is 3.15. The molecule has 0 radical (unpaired) electrons. The molecule has 1 saturated heterocycles. The molecule has 1 fully saturated rings. The number of amides is 1. The van der Waals surface area contributed by atoms with Crippen molar-refractivity contribution in [3.05, 3.63) is 17.6 Å². The molecule has 24 heavy (non-hydrogen) atoms. The molecule has 0 spiro atoms. The topological polar surface area (TPSA) is 106 Å². The van der Waals surface area contributed by atoms with Crippen LogP contribution in [0.1, 0.15) is 49.4 Å². The molecule has 1 amide bonds. The standard InChI is InChI=1S/C16H27N3O4S/c1-11(2)8-13(10-17)18-16(20)14-9-15(12(3)23-14)24(21,22)19-6-4-5-7-19/h9,11,13H,4-8,10,17H2,1-3H3,(H,18,20). The molecule has 1 atom stereocenters. The molecule has 1 aliphatic rings. The van der Waals surface area contributed by atoms with Gasteiger partial charge in [-0.15, -0.1) is 0 Å². The molecule has 0 aliphatic carbocycles. The lowest BCUT2D eigenvalue weighted by Crippen LogP contribution is -2.40. The summed E-state index contributed by atoms with van der Waals surface area (Å²) in [5.74, 6) is 0.202. The maximum Gasteiger partial charge on any atom is 0.287 e. The second-order valence-electron chi connectivity index (χ2n) is 6.68. The Kier molecular flexibility index (Phi) is 6.06. The largest absolute Gasteiger partial charge is 0.455 e. The smallest absolute Gasteiger partial charge is 0.287 e. The predicted molar refractivity (Wildman–Crippen MR) is 91.2 cm³/mol. The van der Waals surface area contributed by atoms with E-state index in [9.17, 15) is 13.2 Å². The van der Waals surface area contributed by atoms with E-state index in [1.165, 1.54) is 10.4 Å². The van der Waals surface area contributed by atoms with Crippen molar-refractivity contribution in [3.63, 3.8) is 0 Å². The van der Waals surface area contributed by atoms with Crippen molar-refractivity contribution in [1.29, 1.82) is 0 Å². The summed E-state index contributed by atoms with van der Waals surface area (Å²) in [6, 6.07) is 1.16. The molecule has 1 aromatic heterocycles. The maximum absolute atomic E-state index is 12.6. The molecule has 136 valence electrons. The van der Waals surface area contributed by atoms with Crippen LogP contribution >= 0.6 is 0 Å². The molecule has 1 aromatic rings. The lowest BCUT2D eigenvalue weighted by Gasteiger charge is -2.17. The molecular weight excluding hydrogens is 330 g/mol. The Labute approximate surface area is 143 Å². The van der Waals surface area contributed by atoms with Crippen LogP contribution in [-0.2, 0) is 10.0 Å². The summed E-state index contributed by atoms with van der Waals surface area (Å²) in [6.45, 7) is 7.01. The van der Waals surface area contributed by atoms with Crippen molar-refractivity contribution < 1.29 is 17.6 Å². The molecule has 0 bridgehead atoms. The van der Waals surface area contributed by atoms with Gasteiger partial charge in [-0.25, -0.2) is 8.42 Å². The minimum absolute atomic E-state index is 0.00692. The van der Waals surface area contributed by atoms with Crippen LogP contribution in [0, 0.1) is 12.8 Å². The van der Waals surface area contributed by atoms with Crippen LogP contribution in [0.4, 0.5) is 0 Å². The zero-order valence-electron chi connectivity index (χ0n) is 14.5. The van der Waals surface area contributed by atoms with Crippen LogP contribution in [0.2, 0.25) is 0 Å². The fraction of sp³-hybridized carbons (Fsp3) is 0.688. The van der Waals surface area contributed by atoms with E-state index in [4.69, 9.17) is 10.2 Å². The highest BCUT2D eigenvalue weighted by Gasteiger charge is 2.32. The molecule has 8 heteroatoms. The van der Waals surface area contributed by atoms with Crippen molar-refractivity contribution in [1.82, 2.24) is 9.62 Å². The number of nitrogens with one attached hydrogen (secondary N) is 1. The van der Waals surface area contributed by atoms with Crippen LogP contribution in [0.15, 0.2) is 15.4 Å². The first kappa shape index (κ1) is 19.0. The molecule has 2 rings (SSSR count). The second kappa shape index (κ2) is 7.67. The number of sulfonamides is 1. The summed E-state index contributed by atoms with van der Waals surface area (Å²) < 4.78 is 32.1. The number of carbonyl (C=O) groups excluding carboxylic acids is 1. The lowest BCUT2D eigenvalue weighted by molar-refractivity contribution is 0.0904. The van der Waals surface area contributed by atoms with Crippen molar-refractivity contribution in [3.8, 4) is 0 Å². The third-order valence-corrected chi connectivity index (χ3v) is 6.16. The van der Waals surface area contributed by atoms with Gasteiger partial charge in [0.2, 0.25) is 10.0 Å². The summed E-state index contributed by atoms with van der Waals surface area (Å²) >= 11 is 0. The van der Waals surface area contributed by atoms with Crippen LogP contribution < -0.4 is 11.1 Å². The fourth-order valence-electron chi connectivity index (χ4n) is 2.94. The van der Waals surface area contributed by atoms with Gasteiger partial charge in [0.1, 0.15) is 10.7 Å². The number of hydrogen-bond acceptors (Lipinski definition) is 5. The first-order chi connectivity index (χ1) is 11.3. The average molecular weight is 357 g/mol. The minimum atomic E-state index is -3.60. The zero-order valence-corrected chi connectivity index (χ0v) is 15.4. The van der Waals surface area contributed by atoms with Gasteiger partial charge in [0.15, 0.2) is 5.76 Å². The monoisotopic (exact) mass is 357 g/mol. The molecule has 1 aliphatic heterocycles. The molecule has 0 aromatic carbocycles. The molecule has 0 saturated carbocycles.